The molecule has 2 N–H and O–H groups in total. The molecule has 0 radical (unpaired) electrons. The van der Waals surface area contributed by atoms with Crippen molar-refractivity contribution in [3.63, 3.8) is 0 Å². The van der Waals surface area contributed by atoms with Gasteiger partial charge in [-0.2, -0.15) is 0 Å². The third-order valence-corrected chi connectivity index (χ3v) is 3.96. The maximum Gasteiger partial charge on any atom is 0.120 e. The molecule has 0 heterocycles. The Morgan fingerprint density at radius 1 is 1.19 bits per heavy atom. The summed E-state index contributed by atoms with van der Waals surface area (Å²) in [7, 11) is 0. The number of hydrogen-bond donors (Lipinski definition) is 1. The second-order valence-electron chi connectivity index (χ2n) is 5.29. The molecule has 0 spiro atoms. The fraction of sp³-hybridized carbons (Fsp3) is 0.294. The van der Waals surface area contributed by atoms with Gasteiger partial charge >= 0.3 is 0 Å². The first kappa shape index (κ1) is 16.3. The van der Waals surface area contributed by atoms with Crippen LogP contribution < -0.4 is 10.5 Å². The molecular weight excluding hydrogens is 350 g/mol. The Morgan fingerprint density at radius 3 is 2.62 bits per heavy atom. The summed E-state index contributed by atoms with van der Waals surface area (Å²) in [5, 5.41) is 0.731. The summed E-state index contributed by atoms with van der Waals surface area (Å²) in [5.41, 5.74) is 8.40. The van der Waals surface area contributed by atoms with Gasteiger partial charge in [-0.05, 0) is 55.7 Å². The van der Waals surface area contributed by atoms with Crippen molar-refractivity contribution in [2.45, 2.75) is 32.4 Å². The van der Waals surface area contributed by atoms with E-state index in [9.17, 15) is 0 Å². The Kier molecular flexibility index (Phi) is 5.68. The van der Waals surface area contributed by atoms with Gasteiger partial charge in [-0.25, -0.2) is 0 Å². The molecule has 0 aliphatic rings. The van der Waals surface area contributed by atoms with Crippen LogP contribution in [-0.2, 0) is 6.42 Å². The molecule has 2 aromatic rings. The Hall–Kier alpha value is -1.03. The van der Waals surface area contributed by atoms with Gasteiger partial charge in [0.15, 0.2) is 0 Å². The highest BCUT2D eigenvalue weighted by Gasteiger charge is 2.11. The van der Waals surface area contributed by atoms with E-state index in [1.807, 2.05) is 56.3 Å². The molecule has 0 aliphatic heterocycles. The van der Waals surface area contributed by atoms with Crippen molar-refractivity contribution >= 4 is 27.5 Å². The monoisotopic (exact) mass is 367 g/mol. The smallest absolute Gasteiger partial charge is 0.120 e. The number of rotatable bonds is 5. The van der Waals surface area contributed by atoms with Crippen LogP contribution in [0.3, 0.4) is 0 Å². The van der Waals surface area contributed by atoms with Crippen LogP contribution in [0, 0.1) is 0 Å². The molecule has 0 bridgehead atoms. The highest BCUT2D eigenvalue weighted by atomic mass is 79.9. The molecule has 1 atom stereocenters. The van der Waals surface area contributed by atoms with Gasteiger partial charge in [0.25, 0.3) is 0 Å². The van der Waals surface area contributed by atoms with E-state index >= 15 is 0 Å². The molecule has 0 saturated carbocycles. The van der Waals surface area contributed by atoms with Crippen molar-refractivity contribution in [3.8, 4) is 5.75 Å². The van der Waals surface area contributed by atoms with E-state index in [2.05, 4.69) is 15.9 Å². The molecule has 1 unspecified atom stereocenters. The zero-order valence-electron chi connectivity index (χ0n) is 12.1. The molecule has 0 fully saturated rings. The Bertz CT molecular complexity index is 615. The Morgan fingerprint density at radius 2 is 1.95 bits per heavy atom. The summed E-state index contributed by atoms with van der Waals surface area (Å²) in [5.74, 6) is 0.847. The van der Waals surface area contributed by atoms with Crippen molar-refractivity contribution in [1.29, 1.82) is 0 Å². The first-order valence-corrected chi connectivity index (χ1v) is 8.09. The Balaban J connectivity index is 2.14. The van der Waals surface area contributed by atoms with Crippen LogP contribution in [0.25, 0.3) is 0 Å². The lowest BCUT2D eigenvalue weighted by molar-refractivity contribution is 0.242. The lowest BCUT2D eigenvalue weighted by atomic mass is 9.99. The average Bonchev–Trinajstić information content (AvgIpc) is 2.41. The molecule has 0 saturated heterocycles. The van der Waals surface area contributed by atoms with Crippen LogP contribution in [0.15, 0.2) is 46.9 Å². The largest absolute Gasteiger partial charge is 0.491 e. The minimum absolute atomic E-state index is 0.112. The lowest BCUT2D eigenvalue weighted by Crippen LogP contribution is -2.14. The summed E-state index contributed by atoms with van der Waals surface area (Å²) < 4.78 is 6.68. The molecule has 0 aliphatic carbocycles. The second-order valence-corrected chi connectivity index (χ2v) is 6.61. The number of nitrogens with two attached hydrogens (primary N) is 1. The van der Waals surface area contributed by atoms with Crippen LogP contribution >= 0.6 is 27.5 Å². The van der Waals surface area contributed by atoms with Crippen LogP contribution in [0.1, 0.15) is 31.0 Å². The number of ether oxygens (including phenoxy) is 1. The highest BCUT2D eigenvalue weighted by molar-refractivity contribution is 9.10. The molecule has 21 heavy (non-hydrogen) atoms. The van der Waals surface area contributed by atoms with E-state index in [4.69, 9.17) is 22.1 Å². The number of halogens is 2. The second kappa shape index (κ2) is 7.30. The SMILES string of the molecule is CC(C)Oc1cccc(C(N)Cc2ccc(Br)cc2Cl)c1. The van der Waals surface area contributed by atoms with E-state index in [1.165, 1.54) is 0 Å². The summed E-state index contributed by atoms with van der Waals surface area (Å²) >= 11 is 9.66. The molecule has 4 heteroatoms. The zero-order valence-corrected chi connectivity index (χ0v) is 14.5. The van der Waals surface area contributed by atoms with Gasteiger partial charge < -0.3 is 10.5 Å². The number of hydrogen-bond acceptors (Lipinski definition) is 2. The van der Waals surface area contributed by atoms with Crippen LogP contribution in [0.2, 0.25) is 5.02 Å². The first-order valence-electron chi connectivity index (χ1n) is 6.92. The Labute approximate surface area is 139 Å². The van der Waals surface area contributed by atoms with E-state index in [1.54, 1.807) is 0 Å². The summed E-state index contributed by atoms with van der Waals surface area (Å²) in [6.07, 6.45) is 0.842. The normalized spacial score (nSPS) is 12.5. The molecule has 0 aromatic heterocycles. The van der Waals surface area contributed by atoms with Gasteiger partial charge in [-0.1, -0.05) is 45.7 Å². The van der Waals surface area contributed by atoms with Crippen molar-refractivity contribution < 1.29 is 4.74 Å². The molecule has 2 rings (SSSR count). The molecule has 0 amide bonds. The average molecular weight is 369 g/mol. The minimum atomic E-state index is -0.112. The first-order chi connectivity index (χ1) is 9.95. The summed E-state index contributed by atoms with van der Waals surface area (Å²) in [6, 6.07) is 13.7. The van der Waals surface area contributed by atoms with Crippen LogP contribution in [0.5, 0.6) is 5.75 Å². The van der Waals surface area contributed by atoms with Crippen molar-refractivity contribution in [1.82, 2.24) is 0 Å². The fourth-order valence-corrected chi connectivity index (χ4v) is 2.88. The quantitative estimate of drug-likeness (QED) is 0.794. The van der Waals surface area contributed by atoms with E-state index in [0.29, 0.717) is 6.42 Å². The van der Waals surface area contributed by atoms with Gasteiger partial charge in [-0.15, -0.1) is 0 Å². The van der Waals surface area contributed by atoms with Gasteiger partial charge in [0, 0.05) is 15.5 Å². The van der Waals surface area contributed by atoms with Gasteiger partial charge in [0.1, 0.15) is 5.75 Å². The summed E-state index contributed by atoms with van der Waals surface area (Å²) in [4.78, 5) is 0. The van der Waals surface area contributed by atoms with E-state index < -0.39 is 0 Å². The van der Waals surface area contributed by atoms with E-state index in [0.717, 1.165) is 26.4 Å². The molecular formula is C17H19BrClNO. The highest BCUT2D eigenvalue weighted by Crippen LogP contribution is 2.26. The van der Waals surface area contributed by atoms with E-state index in [-0.39, 0.29) is 12.1 Å². The van der Waals surface area contributed by atoms with Crippen molar-refractivity contribution in [2.24, 2.45) is 5.73 Å². The van der Waals surface area contributed by atoms with Gasteiger partial charge in [-0.3, -0.25) is 0 Å². The van der Waals surface area contributed by atoms with Crippen LogP contribution in [-0.4, -0.2) is 6.10 Å². The standard InChI is InChI=1S/C17H19BrClNO/c1-11(2)21-15-5-3-4-13(8-15)17(20)9-12-6-7-14(18)10-16(12)19/h3-8,10-11,17H,9,20H2,1-2H3. The zero-order chi connectivity index (χ0) is 15.4. The maximum atomic E-state index is 6.31. The fourth-order valence-electron chi connectivity index (χ4n) is 2.13. The third kappa shape index (κ3) is 4.73. The minimum Gasteiger partial charge on any atom is -0.491 e. The maximum absolute atomic E-state index is 6.31. The predicted molar refractivity (Wildman–Crippen MR) is 92.0 cm³/mol. The lowest BCUT2D eigenvalue weighted by Gasteiger charge is -2.16. The molecule has 2 nitrogen and oxygen atoms in total. The van der Waals surface area contributed by atoms with Crippen molar-refractivity contribution in [3.05, 3.63) is 63.1 Å². The third-order valence-electron chi connectivity index (χ3n) is 3.11. The number of benzene rings is 2. The van der Waals surface area contributed by atoms with Crippen LogP contribution in [0.4, 0.5) is 0 Å². The molecule has 112 valence electrons. The van der Waals surface area contributed by atoms with Gasteiger partial charge in [0.2, 0.25) is 0 Å². The van der Waals surface area contributed by atoms with Gasteiger partial charge in [0.05, 0.1) is 6.10 Å². The predicted octanol–water partition coefficient (Wildman–Crippen LogP) is 5.13. The topological polar surface area (TPSA) is 35.2 Å². The van der Waals surface area contributed by atoms with Crippen molar-refractivity contribution in [2.75, 3.05) is 0 Å². The molecule has 2 aromatic carbocycles. The summed E-state index contributed by atoms with van der Waals surface area (Å²) in [6.45, 7) is 4.02.